The molecule has 0 saturated heterocycles. The molecule has 0 bridgehead atoms. The molecule has 3 nitrogen and oxygen atoms in total. The molecular formula is C12H16N2O. The Bertz CT molecular complexity index is 383. The average molecular weight is 204 g/mol. The van der Waals surface area contributed by atoms with Crippen LogP contribution in [0.5, 0.6) is 0 Å². The van der Waals surface area contributed by atoms with E-state index < -0.39 is 0 Å². The Labute approximate surface area is 89.7 Å². The third kappa shape index (κ3) is 2.49. The summed E-state index contributed by atoms with van der Waals surface area (Å²) >= 11 is 0. The van der Waals surface area contributed by atoms with Crippen molar-refractivity contribution in [2.75, 3.05) is 12.3 Å². The molecule has 0 radical (unpaired) electrons. The fourth-order valence-electron chi connectivity index (χ4n) is 1.60. The summed E-state index contributed by atoms with van der Waals surface area (Å²) in [5.74, 6) is 0.724. The van der Waals surface area contributed by atoms with E-state index in [1.807, 2.05) is 13.0 Å². The highest BCUT2D eigenvalue weighted by Crippen LogP contribution is 2.27. The van der Waals surface area contributed by atoms with Gasteiger partial charge in [0, 0.05) is 17.8 Å². The van der Waals surface area contributed by atoms with Gasteiger partial charge in [-0.3, -0.25) is 4.79 Å². The molecule has 1 aliphatic carbocycles. The zero-order valence-corrected chi connectivity index (χ0v) is 8.92. The first kappa shape index (κ1) is 10.0. The van der Waals surface area contributed by atoms with Gasteiger partial charge in [-0.05, 0) is 49.4 Å². The van der Waals surface area contributed by atoms with Crippen LogP contribution in [0.3, 0.4) is 0 Å². The number of nitrogens with two attached hydrogens (primary N) is 1. The number of anilines is 1. The maximum absolute atomic E-state index is 11.8. The fourth-order valence-corrected chi connectivity index (χ4v) is 1.60. The molecule has 0 aliphatic heterocycles. The number of carbonyl (C=O) groups excluding carboxylic acids is 1. The third-order valence-corrected chi connectivity index (χ3v) is 2.74. The lowest BCUT2D eigenvalue weighted by Gasteiger charge is -2.07. The van der Waals surface area contributed by atoms with Crippen molar-refractivity contribution in [3.8, 4) is 0 Å². The minimum absolute atomic E-state index is 0.0133. The average Bonchev–Trinajstić information content (AvgIpc) is 2.97. The third-order valence-electron chi connectivity index (χ3n) is 2.74. The topological polar surface area (TPSA) is 55.1 Å². The summed E-state index contributed by atoms with van der Waals surface area (Å²) in [4.78, 5) is 11.8. The van der Waals surface area contributed by atoms with E-state index in [-0.39, 0.29) is 5.91 Å². The summed E-state index contributed by atoms with van der Waals surface area (Å²) in [7, 11) is 0. The first-order valence-electron chi connectivity index (χ1n) is 5.31. The van der Waals surface area contributed by atoms with Gasteiger partial charge in [0.05, 0.1) is 0 Å². The van der Waals surface area contributed by atoms with Crippen molar-refractivity contribution in [3.05, 3.63) is 29.3 Å². The van der Waals surface area contributed by atoms with Gasteiger partial charge in [0.15, 0.2) is 0 Å². The lowest BCUT2D eigenvalue weighted by atomic mass is 10.1. The van der Waals surface area contributed by atoms with Crippen molar-refractivity contribution in [2.45, 2.75) is 19.8 Å². The van der Waals surface area contributed by atoms with Gasteiger partial charge in [-0.15, -0.1) is 0 Å². The molecule has 0 spiro atoms. The summed E-state index contributed by atoms with van der Waals surface area (Å²) in [5.41, 5.74) is 7.99. The highest BCUT2D eigenvalue weighted by molar-refractivity contribution is 5.96. The van der Waals surface area contributed by atoms with E-state index in [9.17, 15) is 4.79 Å². The van der Waals surface area contributed by atoms with Crippen LogP contribution in [0.25, 0.3) is 0 Å². The molecule has 1 aromatic rings. The van der Waals surface area contributed by atoms with Crippen LogP contribution in [0.2, 0.25) is 0 Å². The van der Waals surface area contributed by atoms with Crippen LogP contribution in [0.15, 0.2) is 18.2 Å². The molecule has 0 aromatic heterocycles. The Morgan fingerprint density at radius 1 is 1.53 bits per heavy atom. The highest BCUT2D eigenvalue weighted by atomic mass is 16.1. The largest absolute Gasteiger partial charge is 0.399 e. The van der Waals surface area contributed by atoms with Crippen LogP contribution < -0.4 is 11.1 Å². The first-order valence-corrected chi connectivity index (χ1v) is 5.31. The number of carbonyl (C=O) groups is 1. The van der Waals surface area contributed by atoms with E-state index in [2.05, 4.69) is 5.32 Å². The number of hydrogen-bond donors (Lipinski definition) is 2. The minimum Gasteiger partial charge on any atom is -0.399 e. The summed E-state index contributed by atoms with van der Waals surface area (Å²) in [6.45, 7) is 2.71. The van der Waals surface area contributed by atoms with E-state index in [1.54, 1.807) is 12.1 Å². The van der Waals surface area contributed by atoms with Crippen LogP contribution in [0.1, 0.15) is 28.8 Å². The van der Waals surface area contributed by atoms with Gasteiger partial charge in [-0.1, -0.05) is 0 Å². The number of hydrogen-bond acceptors (Lipinski definition) is 2. The second-order valence-corrected chi connectivity index (χ2v) is 4.23. The Morgan fingerprint density at radius 3 is 2.87 bits per heavy atom. The SMILES string of the molecule is Cc1cc(N)ccc1C(=O)NCC1CC1. The smallest absolute Gasteiger partial charge is 0.251 e. The molecule has 0 unspecified atom stereocenters. The van der Waals surface area contributed by atoms with E-state index in [1.165, 1.54) is 12.8 Å². The van der Waals surface area contributed by atoms with Gasteiger partial charge in [0.2, 0.25) is 0 Å². The van der Waals surface area contributed by atoms with Crippen LogP contribution in [0.4, 0.5) is 5.69 Å². The second kappa shape index (κ2) is 3.93. The summed E-state index contributed by atoms with van der Waals surface area (Å²) in [6, 6.07) is 5.37. The van der Waals surface area contributed by atoms with Crippen LogP contribution in [-0.4, -0.2) is 12.5 Å². The molecule has 1 saturated carbocycles. The molecule has 0 atom stereocenters. The molecule has 80 valence electrons. The molecule has 1 aliphatic rings. The van der Waals surface area contributed by atoms with Crippen LogP contribution >= 0.6 is 0 Å². The van der Waals surface area contributed by atoms with Gasteiger partial charge in [-0.25, -0.2) is 0 Å². The Morgan fingerprint density at radius 2 is 2.27 bits per heavy atom. The van der Waals surface area contributed by atoms with Crippen LogP contribution in [0, 0.1) is 12.8 Å². The number of rotatable bonds is 3. The van der Waals surface area contributed by atoms with Crippen molar-refractivity contribution in [1.29, 1.82) is 0 Å². The fraction of sp³-hybridized carbons (Fsp3) is 0.417. The van der Waals surface area contributed by atoms with E-state index >= 15 is 0 Å². The van der Waals surface area contributed by atoms with Crippen molar-refractivity contribution >= 4 is 11.6 Å². The molecule has 1 amide bonds. The zero-order valence-electron chi connectivity index (χ0n) is 8.92. The maximum atomic E-state index is 11.8. The van der Waals surface area contributed by atoms with Crippen molar-refractivity contribution in [3.63, 3.8) is 0 Å². The Hall–Kier alpha value is -1.51. The first-order chi connectivity index (χ1) is 7.16. The highest BCUT2D eigenvalue weighted by Gasteiger charge is 2.22. The lowest BCUT2D eigenvalue weighted by molar-refractivity contribution is 0.0951. The standard InChI is InChI=1S/C12H16N2O/c1-8-6-10(13)4-5-11(8)12(15)14-7-9-2-3-9/h4-6,9H,2-3,7,13H2,1H3,(H,14,15). The van der Waals surface area contributed by atoms with Gasteiger partial charge < -0.3 is 11.1 Å². The zero-order chi connectivity index (χ0) is 10.8. The number of nitrogens with one attached hydrogen (secondary N) is 1. The molecular weight excluding hydrogens is 188 g/mol. The summed E-state index contributed by atoms with van der Waals surface area (Å²) in [6.07, 6.45) is 2.50. The maximum Gasteiger partial charge on any atom is 0.251 e. The Kier molecular flexibility index (Phi) is 2.62. The van der Waals surface area contributed by atoms with Gasteiger partial charge in [0.25, 0.3) is 5.91 Å². The molecule has 15 heavy (non-hydrogen) atoms. The summed E-state index contributed by atoms with van der Waals surface area (Å²) < 4.78 is 0. The van der Waals surface area contributed by atoms with Crippen molar-refractivity contribution in [1.82, 2.24) is 5.32 Å². The van der Waals surface area contributed by atoms with Crippen molar-refractivity contribution in [2.24, 2.45) is 5.92 Å². The van der Waals surface area contributed by atoms with Crippen molar-refractivity contribution < 1.29 is 4.79 Å². The number of aryl methyl sites for hydroxylation is 1. The number of amides is 1. The minimum atomic E-state index is 0.0133. The van der Waals surface area contributed by atoms with Gasteiger partial charge in [0.1, 0.15) is 0 Å². The van der Waals surface area contributed by atoms with Crippen LogP contribution in [-0.2, 0) is 0 Å². The monoisotopic (exact) mass is 204 g/mol. The molecule has 1 fully saturated rings. The Balaban J connectivity index is 2.03. The number of benzene rings is 1. The van der Waals surface area contributed by atoms with E-state index in [0.717, 1.165) is 17.7 Å². The predicted octanol–water partition coefficient (Wildman–Crippen LogP) is 1.72. The molecule has 1 aromatic carbocycles. The lowest BCUT2D eigenvalue weighted by Crippen LogP contribution is -2.26. The van der Waals surface area contributed by atoms with E-state index in [4.69, 9.17) is 5.73 Å². The molecule has 2 rings (SSSR count). The van der Waals surface area contributed by atoms with Gasteiger partial charge in [-0.2, -0.15) is 0 Å². The van der Waals surface area contributed by atoms with Gasteiger partial charge >= 0.3 is 0 Å². The second-order valence-electron chi connectivity index (χ2n) is 4.23. The van der Waals surface area contributed by atoms with E-state index in [0.29, 0.717) is 11.6 Å². The molecule has 3 N–H and O–H groups in total. The molecule has 0 heterocycles. The summed E-state index contributed by atoms with van der Waals surface area (Å²) in [5, 5.41) is 2.94. The predicted molar refractivity (Wildman–Crippen MR) is 60.6 cm³/mol. The number of nitrogen functional groups attached to an aromatic ring is 1. The molecule has 3 heteroatoms. The quantitative estimate of drug-likeness (QED) is 0.736. The normalized spacial score (nSPS) is 15.0.